The number of anilines is 1. The number of aliphatic carboxylic acids is 1. The maximum atomic E-state index is 14.5. The third-order valence-corrected chi connectivity index (χ3v) is 6.87. The first-order chi connectivity index (χ1) is 13.8. The number of hydrogen-bond acceptors (Lipinski definition) is 5. The quantitative estimate of drug-likeness (QED) is 0.494. The van der Waals surface area contributed by atoms with Crippen LogP contribution in [0.5, 0.6) is 0 Å². The lowest BCUT2D eigenvalue weighted by Crippen LogP contribution is -2.21. The zero-order chi connectivity index (χ0) is 20.7. The van der Waals surface area contributed by atoms with Crippen LogP contribution in [-0.2, 0) is 4.79 Å². The number of carbonyl (C=O) groups is 1. The zero-order valence-corrected chi connectivity index (χ0v) is 18.0. The molecule has 1 atom stereocenters. The standard InChI is InChI=1S/C20H18BrF2N3O2S/c1-10-9-29-18-17(10)24-19(12-6-15(23)13(21)7-14(12)22)25-20(18)26-5-4-11(8-26)2-3-16(27)28/h6-7,9,11H,2-5,8H2,1H3,(H,27,28). The smallest absolute Gasteiger partial charge is 0.303 e. The van der Waals surface area contributed by atoms with Crippen molar-refractivity contribution in [3.63, 3.8) is 0 Å². The third-order valence-electron chi connectivity index (χ3n) is 5.18. The largest absolute Gasteiger partial charge is 0.481 e. The van der Waals surface area contributed by atoms with E-state index in [1.807, 2.05) is 12.3 Å². The van der Waals surface area contributed by atoms with Crippen LogP contribution in [0.1, 0.15) is 24.8 Å². The Morgan fingerprint density at radius 2 is 2.14 bits per heavy atom. The molecule has 5 nitrogen and oxygen atoms in total. The second-order valence-electron chi connectivity index (χ2n) is 7.25. The van der Waals surface area contributed by atoms with Gasteiger partial charge in [-0.25, -0.2) is 18.7 Å². The summed E-state index contributed by atoms with van der Waals surface area (Å²) in [5, 5.41) is 10.9. The Bertz CT molecular complexity index is 1110. The fourth-order valence-corrected chi connectivity index (χ4v) is 4.95. The lowest BCUT2D eigenvalue weighted by Gasteiger charge is -2.19. The second kappa shape index (κ2) is 7.95. The summed E-state index contributed by atoms with van der Waals surface area (Å²) < 4.78 is 29.6. The number of halogens is 3. The highest BCUT2D eigenvalue weighted by Gasteiger charge is 2.27. The number of thiophene rings is 1. The average Bonchev–Trinajstić information content (AvgIpc) is 3.29. The summed E-state index contributed by atoms with van der Waals surface area (Å²) in [5.41, 5.74) is 1.70. The lowest BCUT2D eigenvalue weighted by molar-refractivity contribution is -0.137. The summed E-state index contributed by atoms with van der Waals surface area (Å²) in [6.45, 7) is 3.36. The van der Waals surface area contributed by atoms with Crippen LogP contribution in [0.25, 0.3) is 21.6 Å². The van der Waals surface area contributed by atoms with Gasteiger partial charge in [0.25, 0.3) is 0 Å². The molecule has 0 radical (unpaired) electrons. The molecule has 1 aliphatic heterocycles. The number of rotatable bonds is 5. The first kappa shape index (κ1) is 20.2. The number of fused-ring (bicyclic) bond motifs is 1. The summed E-state index contributed by atoms with van der Waals surface area (Å²) in [5.74, 6) is -0.865. The highest BCUT2D eigenvalue weighted by molar-refractivity contribution is 9.10. The van der Waals surface area contributed by atoms with Gasteiger partial charge in [-0.15, -0.1) is 11.3 Å². The van der Waals surface area contributed by atoms with E-state index < -0.39 is 17.6 Å². The molecular weight excluding hydrogens is 464 g/mol. The second-order valence-corrected chi connectivity index (χ2v) is 8.98. The van der Waals surface area contributed by atoms with Gasteiger partial charge in [-0.1, -0.05) is 0 Å². The van der Waals surface area contributed by atoms with Gasteiger partial charge < -0.3 is 10.0 Å². The molecule has 152 valence electrons. The number of hydrogen-bond donors (Lipinski definition) is 1. The molecule has 0 aliphatic carbocycles. The molecule has 1 fully saturated rings. The van der Waals surface area contributed by atoms with Crippen LogP contribution in [0, 0.1) is 24.5 Å². The Hall–Kier alpha value is -2.13. The highest BCUT2D eigenvalue weighted by atomic mass is 79.9. The molecule has 4 rings (SSSR count). The highest BCUT2D eigenvalue weighted by Crippen LogP contribution is 2.37. The topological polar surface area (TPSA) is 66.3 Å². The number of carboxylic acid groups (broad SMARTS) is 1. The maximum Gasteiger partial charge on any atom is 0.303 e. The van der Waals surface area contributed by atoms with Crippen molar-refractivity contribution in [2.24, 2.45) is 5.92 Å². The van der Waals surface area contributed by atoms with Crippen LogP contribution in [0.3, 0.4) is 0 Å². The molecule has 1 N–H and O–H groups in total. The molecule has 29 heavy (non-hydrogen) atoms. The first-order valence-corrected chi connectivity index (χ1v) is 10.9. The molecule has 1 aromatic carbocycles. The predicted octanol–water partition coefficient (Wildman–Crippen LogP) is 5.40. The molecule has 0 spiro atoms. The van der Waals surface area contributed by atoms with Crippen LogP contribution in [-0.4, -0.2) is 34.1 Å². The van der Waals surface area contributed by atoms with Crippen LogP contribution < -0.4 is 4.90 Å². The normalized spacial score (nSPS) is 16.7. The Kier molecular flexibility index (Phi) is 5.52. The van der Waals surface area contributed by atoms with E-state index in [0.717, 1.165) is 40.9 Å². The van der Waals surface area contributed by atoms with Gasteiger partial charge in [0.2, 0.25) is 0 Å². The minimum atomic E-state index is -0.795. The average molecular weight is 482 g/mol. The SMILES string of the molecule is Cc1csc2c(N3CCC(CCC(=O)O)C3)nc(-c3cc(F)c(Br)cc3F)nc12. The summed E-state index contributed by atoms with van der Waals surface area (Å²) >= 11 is 4.52. The van der Waals surface area contributed by atoms with Crippen molar-refractivity contribution in [1.82, 2.24) is 9.97 Å². The summed E-state index contributed by atoms with van der Waals surface area (Å²) in [6.07, 6.45) is 1.63. The molecule has 0 bridgehead atoms. The Labute approximate surface area is 178 Å². The van der Waals surface area contributed by atoms with Crippen molar-refractivity contribution in [1.29, 1.82) is 0 Å². The molecule has 0 amide bonds. The summed E-state index contributed by atoms with van der Waals surface area (Å²) in [4.78, 5) is 22.1. The van der Waals surface area contributed by atoms with Gasteiger partial charge in [0.05, 0.1) is 20.3 Å². The number of benzene rings is 1. The van der Waals surface area contributed by atoms with E-state index in [4.69, 9.17) is 5.11 Å². The van der Waals surface area contributed by atoms with Gasteiger partial charge in [-0.2, -0.15) is 0 Å². The third kappa shape index (κ3) is 3.98. The van der Waals surface area contributed by atoms with E-state index in [9.17, 15) is 13.6 Å². The van der Waals surface area contributed by atoms with E-state index >= 15 is 0 Å². The minimum absolute atomic E-state index is 0.0149. The van der Waals surface area contributed by atoms with Gasteiger partial charge in [-0.05, 0) is 64.7 Å². The Balaban J connectivity index is 1.75. The van der Waals surface area contributed by atoms with Crippen LogP contribution in [0.2, 0.25) is 0 Å². The van der Waals surface area contributed by atoms with Crippen molar-refractivity contribution < 1.29 is 18.7 Å². The minimum Gasteiger partial charge on any atom is -0.481 e. The van der Waals surface area contributed by atoms with Gasteiger partial charge in [0.15, 0.2) is 11.6 Å². The molecule has 9 heteroatoms. The molecule has 0 saturated carbocycles. The molecule has 1 unspecified atom stereocenters. The Morgan fingerprint density at radius 1 is 1.34 bits per heavy atom. The number of aromatic nitrogens is 2. The van der Waals surface area contributed by atoms with E-state index in [0.29, 0.717) is 18.8 Å². The number of nitrogens with zero attached hydrogens (tertiary/aromatic N) is 3. The lowest BCUT2D eigenvalue weighted by atomic mass is 10.0. The van der Waals surface area contributed by atoms with Crippen molar-refractivity contribution in [2.45, 2.75) is 26.2 Å². The van der Waals surface area contributed by atoms with Crippen molar-refractivity contribution in [3.8, 4) is 11.4 Å². The molecule has 1 aliphatic rings. The van der Waals surface area contributed by atoms with Gasteiger partial charge >= 0.3 is 5.97 Å². The molecule has 3 heterocycles. The van der Waals surface area contributed by atoms with Crippen molar-refractivity contribution in [2.75, 3.05) is 18.0 Å². The maximum absolute atomic E-state index is 14.5. The fourth-order valence-electron chi connectivity index (χ4n) is 3.63. The fraction of sp³-hybridized carbons (Fsp3) is 0.350. The summed E-state index contributed by atoms with van der Waals surface area (Å²) in [7, 11) is 0. The van der Waals surface area contributed by atoms with Gasteiger partial charge in [-0.3, -0.25) is 4.79 Å². The monoisotopic (exact) mass is 481 g/mol. The first-order valence-electron chi connectivity index (χ1n) is 9.21. The van der Waals surface area contributed by atoms with Crippen molar-refractivity contribution in [3.05, 3.63) is 39.2 Å². The Morgan fingerprint density at radius 3 is 2.90 bits per heavy atom. The van der Waals surface area contributed by atoms with Crippen LogP contribution in [0.15, 0.2) is 22.0 Å². The van der Waals surface area contributed by atoms with E-state index in [-0.39, 0.29) is 28.2 Å². The van der Waals surface area contributed by atoms with Crippen molar-refractivity contribution >= 4 is 49.3 Å². The molecule has 2 aromatic heterocycles. The van der Waals surface area contributed by atoms with E-state index in [2.05, 4.69) is 30.8 Å². The van der Waals surface area contributed by atoms with Gasteiger partial charge in [0, 0.05) is 19.5 Å². The zero-order valence-electron chi connectivity index (χ0n) is 15.6. The van der Waals surface area contributed by atoms with Gasteiger partial charge in [0.1, 0.15) is 11.6 Å². The van der Waals surface area contributed by atoms with Crippen LogP contribution in [0.4, 0.5) is 14.6 Å². The predicted molar refractivity (Wildman–Crippen MR) is 112 cm³/mol. The number of carboxylic acids is 1. The summed E-state index contributed by atoms with van der Waals surface area (Å²) in [6, 6.07) is 2.18. The molecule has 1 saturated heterocycles. The van der Waals surface area contributed by atoms with E-state index in [1.54, 1.807) is 0 Å². The van der Waals surface area contributed by atoms with E-state index in [1.165, 1.54) is 11.3 Å². The molecular formula is C20H18BrF2N3O2S. The molecule has 3 aromatic rings. The van der Waals surface area contributed by atoms with Crippen LogP contribution >= 0.6 is 27.3 Å². The number of aryl methyl sites for hydroxylation is 1.